The molecule has 2 nitrogen and oxygen atoms in total. The summed E-state index contributed by atoms with van der Waals surface area (Å²) in [4.78, 5) is 0. The van der Waals surface area contributed by atoms with Crippen LogP contribution in [0, 0.1) is 11.8 Å². The summed E-state index contributed by atoms with van der Waals surface area (Å²) in [6.45, 7) is 5.71. The lowest BCUT2D eigenvalue weighted by molar-refractivity contribution is 0.272. The van der Waals surface area contributed by atoms with Crippen molar-refractivity contribution >= 4 is 0 Å². The van der Waals surface area contributed by atoms with Crippen LogP contribution in [0.15, 0.2) is 24.3 Å². The first-order valence-corrected chi connectivity index (χ1v) is 8.21. The summed E-state index contributed by atoms with van der Waals surface area (Å²) in [5.74, 6) is 2.22. The Morgan fingerprint density at radius 2 is 1.80 bits per heavy atom. The molecular formula is C18H29NO. The van der Waals surface area contributed by atoms with Crippen LogP contribution in [-0.2, 0) is 0 Å². The Morgan fingerprint density at radius 3 is 2.40 bits per heavy atom. The summed E-state index contributed by atoms with van der Waals surface area (Å²) in [5, 5.41) is 13.0. The lowest BCUT2D eigenvalue weighted by atomic mass is 9.81. The molecule has 0 radical (unpaired) electrons. The molecule has 1 aliphatic carbocycles. The van der Waals surface area contributed by atoms with Gasteiger partial charge < -0.3 is 10.4 Å². The summed E-state index contributed by atoms with van der Waals surface area (Å²) in [5.41, 5.74) is 1.28. The molecule has 2 N–H and O–H groups in total. The Kier molecular flexibility index (Phi) is 5.90. The molecule has 0 bridgehead atoms. The molecule has 0 heterocycles. The van der Waals surface area contributed by atoms with Crippen molar-refractivity contribution in [3.63, 3.8) is 0 Å². The molecule has 1 aliphatic rings. The van der Waals surface area contributed by atoms with Gasteiger partial charge in [-0.2, -0.15) is 0 Å². The molecule has 0 saturated heterocycles. The number of hydrogen-bond acceptors (Lipinski definition) is 2. The summed E-state index contributed by atoms with van der Waals surface area (Å²) >= 11 is 0. The molecule has 0 aliphatic heterocycles. The first-order valence-electron chi connectivity index (χ1n) is 8.21. The van der Waals surface area contributed by atoms with Crippen molar-refractivity contribution < 1.29 is 5.11 Å². The van der Waals surface area contributed by atoms with Gasteiger partial charge in [-0.25, -0.2) is 0 Å². The standard InChI is InChI=1S/C18H29NO/c1-3-18(16-8-10-17(20)11-9-16)19-13-12-15-6-4-14(2)5-7-15/h8-11,14-15,18-20H,3-7,12-13H2,1-2H3. The number of aromatic hydroxyl groups is 1. The summed E-state index contributed by atoms with van der Waals surface area (Å²) < 4.78 is 0. The normalized spacial score (nSPS) is 24.5. The summed E-state index contributed by atoms with van der Waals surface area (Å²) in [7, 11) is 0. The van der Waals surface area contributed by atoms with E-state index >= 15 is 0 Å². The predicted molar refractivity (Wildman–Crippen MR) is 84.9 cm³/mol. The molecule has 1 aromatic rings. The second-order valence-corrected chi connectivity index (χ2v) is 6.42. The highest BCUT2D eigenvalue weighted by molar-refractivity contribution is 5.27. The molecule has 112 valence electrons. The van der Waals surface area contributed by atoms with Gasteiger partial charge in [0.2, 0.25) is 0 Å². The topological polar surface area (TPSA) is 32.3 Å². The fourth-order valence-electron chi connectivity index (χ4n) is 3.28. The van der Waals surface area contributed by atoms with Crippen molar-refractivity contribution in [2.45, 2.75) is 58.4 Å². The Labute approximate surface area is 123 Å². The van der Waals surface area contributed by atoms with E-state index < -0.39 is 0 Å². The van der Waals surface area contributed by atoms with Crippen molar-refractivity contribution in [3.8, 4) is 5.75 Å². The van der Waals surface area contributed by atoms with Crippen molar-refractivity contribution in [2.24, 2.45) is 11.8 Å². The third-order valence-corrected chi connectivity index (χ3v) is 4.78. The van der Waals surface area contributed by atoms with Crippen LogP contribution in [0.4, 0.5) is 0 Å². The van der Waals surface area contributed by atoms with Crippen molar-refractivity contribution in [2.75, 3.05) is 6.54 Å². The molecular weight excluding hydrogens is 246 g/mol. The van der Waals surface area contributed by atoms with Crippen molar-refractivity contribution in [3.05, 3.63) is 29.8 Å². The number of rotatable bonds is 6. The van der Waals surface area contributed by atoms with Gasteiger partial charge in [-0.1, -0.05) is 51.7 Å². The Bertz CT molecular complexity index is 379. The molecule has 1 unspecified atom stereocenters. The molecule has 1 saturated carbocycles. The lowest BCUT2D eigenvalue weighted by Gasteiger charge is -2.27. The maximum absolute atomic E-state index is 9.36. The highest BCUT2D eigenvalue weighted by Crippen LogP contribution is 2.30. The first-order chi connectivity index (χ1) is 9.69. The maximum Gasteiger partial charge on any atom is 0.115 e. The quantitative estimate of drug-likeness (QED) is 0.792. The van der Waals surface area contributed by atoms with Crippen LogP contribution in [0.25, 0.3) is 0 Å². The minimum absolute atomic E-state index is 0.347. The zero-order valence-electron chi connectivity index (χ0n) is 12.9. The first kappa shape index (κ1) is 15.4. The highest BCUT2D eigenvalue weighted by atomic mass is 16.3. The van der Waals surface area contributed by atoms with Gasteiger partial charge in [-0.15, -0.1) is 0 Å². The van der Waals surface area contributed by atoms with Crippen LogP contribution in [0.3, 0.4) is 0 Å². The average Bonchev–Trinajstić information content (AvgIpc) is 2.47. The predicted octanol–water partition coefficient (Wildman–Crippen LogP) is 4.65. The Morgan fingerprint density at radius 1 is 1.15 bits per heavy atom. The van der Waals surface area contributed by atoms with Crippen LogP contribution in [-0.4, -0.2) is 11.7 Å². The van der Waals surface area contributed by atoms with E-state index in [0.717, 1.165) is 24.8 Å². The highest BCUT2D eigenvalue weighted by Gasteiger charge is 2.18. The van der Waals surface area contributed by atoms with Gasteiger partial charge in [0.25, 0.3) is 0 Å². The van der Waals surface area contributed by atoms with E-state index in [9.17, 15) is 5.11 Å². The van der Waals surface area contributed by atoms with Gasteiger partial charge in [-0.3, -0.25) is 0 Å². The van der Waals surface area contributed by atoms with E-state index in [1.165, 1.54) is 37.7 Å². The summed E-state index contributed by atoms with van der Waals surface area (Å²) in [6.07, 6.45) is 8.06. The third-order valence-electron chi connectivity index (χ3n) is 4.78. The summed E-state index contributed by atoms with van der Waals surface area (Å²) in [6, 6.07) is 8.03. The molecule has 0 aromatic heterocycles. The van der Waals surface area contributed by atoms with E-state index in [-0.39, 0.29) is 0 Å². The molecule has 2 rings (SSSR count). The van der Waals surface area contributed by atoms with Crippen molar-refractivity contribution in [1.82, 2.24) is 5.32 Å². The molecule has 1 atom stereocenters. The van der Waals surface area contributed by atoms with Crippen molar-refractivity contribution in [1.29, 1.82) is 0 Å². The van der Waals surface area contributed by atoms with Gasteiger partial charge >= 0.3 is 0 Å². The largest absolute Gasteiger partial charge is 0.508 e. The number of phenols is 1. The zero-order valence-corrected chi connectivity index (χ0v) is 12.9. The van der Waals surface area contributed by atoms with Gasteiger partial charge in [0, 0.05) is 6.04 Å². The van der Waals surface area contributed by atoms with Crippen LogP contribution in [0.2, 0.25) is 0 Å². The number of phenolic OH excluding ortho intramolecular Hbond substituents is 1. The smallest absolute Gasteiger partial charge is 0.115 e. The molecule has 1 fully saturated rings. The monoisotopic (exact) mass is 275 g/mol. The molecule has 2 heteroatoms. The second kappa shape index (κ2) is 7.68. The Balaban J connectivity index is 1.75. The fourth-order valence-corrected chi connectivity index (χ4v) is 3.28. The second-order valence-electron chi connectivity index (χ2n) is 6.42. The van der Waals surface area contributed by atoms with E-state index in [2.05, 4.69) is 19.2 Å². The van der Waals surface area contributed by atoms with Gasteiger partial charge in [0.05, 0.1) is 0 Å². The minimum atomic E-state index is 0.347. The van der Waals surface area contributed by atoms with Gasteiger partial charge in [-0.05, 0) is 48.9 Å². The van der Waals surface area contributed by atoms with Crippen LogP contribution in [0.1, 0.15) is 64.0 Å². The van der Waals surface area contributed by atoms with Gasteiger partial charge in [0.15, 0.2) is 0 Å². The van der Waals surface area contributed by atoms with Crippen LogP contribution < -0.4 is 5.32 Å². The fraction of sp³-hybridized carbons (Fsp3) is 0.667. The molecule has 0 amide bonds. The zero-order chi connectivity index (χ0) is 14.4. The molecule has 20 heavy (non-hydrogen) atoms. The maximum atomic E-state index is 9.36. The SMILES string of the molecule is CCC(NCCC1CCC(C)CC1)c1ccc(O)cc1. The molecule has 1 aromatic carbocycles. The van der Waals surface area contributed by atoms with E-state index in [0.29, 0.717) is 11.8 Å². The number of nitrogens with one attached hydrogen (secondary N) is 1. The minimum Gasteiger partial charge on any atom is -0.508 e. The van der Waals surface area contributed by atoms with E-state index in [4.69, 9.17) is 0 Å². The van der Waals surface area contributed by atoms with E-state index in [1.807, 2.05) is 12.1 Å². The lowest BCUT2D eigenvalue weighted by Crippen LogP contribution is -2.24. The van der Waals surface area contributed by atoms with Gasteiger partial charge in [0.1, 0.15) is 5.75 Å². The average molecular weight is 275 g/mol. The Hall–Kier alpha value is -1.02. The number of hydrogen-bond donors (Lipinski definition) is 2. The number of benzene rings is 1. The van der Waals surface area contributed by atoms with Crippen LogP contribution >= 0.6 is 0 Å². The third kappa shape index (κ3) is 4.52. The molecule has 0 spiro atoms. The van der Waals surface area contributed by atoms with Crippen LogP contribution in [0.5, 0.6) is 5.75 Å². The van der Waals surface area contributed by atoms with E-state index in [1.54, 1.807) is 12.1 Å².